The first kappa shape index (κ1) is 56.3. The number of hydrogen-bond acceptors (Lipinski definition) is 15. The maximum atomic E-state index is 12.8. The summed E-state index contributed by atoms with van der Waals surface area (Å²) in [6.45, 7) is 7.19. The van der Waals surface area contributed by atoms with Gasteiger partial charge in [-0.05, 0) is 72.8 Å². The molecule has 6 aromatic rings. The smallest absolute Gasteiger partial charge is 0.304 e. The monoisotopic (exact) mass is 1110 g/mol. The van der Waals surface area contributed by atoms with Crippen LogP contribution in [0.2, 0.25) is 20.1 Å². The van der Waals surface area contributed by atoms with E-state index in [-0.39, 0.29) is 61.7 Å². The Balaban J connectivity index is 0.000000197. The van der Waals surface area contributed by atoms with E-state index in [1.807, 2.05) is 42.7 Å². The van der Waals surface area contributed by atoms with Gasteiger partial charge >= 0.3 is 5.97 Å². The minimum Gasteiger partial charge on any atom is -0.481 e. The molecule has 2 fully saturated rings. The molecule has 0 radical (unpaired) electrons. The topological polar surface area (TPSA) is 232 Å². The van der Waals surface area contributed by atoms with Gasteiger partial charge in [0.1, 0.15) is 21.4 Å². The van der Waals surface area contributed by atoms with Crippen molar-refractivity contribution in [1.29, 1.82) is 0 Å². The van der Waals surface area contributed by atoms with Crippen LogP contribution in [0.4, 0.5) is 34.4 Å². The third-order valence-corrected chi connectivity index (χ3v) is 17.2. The van der Waals surface area contributed by atoms with Gasteiger partial charge in [0, 0.05) is 122 Å². The third kappa shape index (κ3) is 15.5. The molecule has 25 heteroatoms. The maximum Gasteiger partial charge on any atom is 0.304 e. The second-order valence-corrected chi connectivity index (χ2v) is 22.0. The number of benzene rings is 2. The van der Waals surface area contributed by atoms with Crippen molar-refractivity contribution in [1.82, 2.24) is 28.5 Å². The van der Waals surface area contributed by atoms with Crippen LogP contribution in [0.25, 0.3) is 0 Å². The van der Waals surface area contributed by atoms with Crippen LogP contribution >= 0.6 is 46.4 Å². The van der Waals surface area contributed by atoms with Crippen molar-refractivity contribution in [3.63, 3.8) is 0 Å². The van der Waals surface area contributed by atoms with E-state index in [1.54, 1.807) is 30.9 Å². The molecular weight excluding hydrogens is 1060 g/mol. The molecule has 388 valence electrons. The van der Waals surface area contributed by atoms with E-state index in [0.29, 0.717) is 11.4 Å². The number of piperazine rings is 2. The van der Waals surface area contributed by atoms with Gasteiger partial charge in [-0.1, -0.05) is 58.5 Å². The molecule has 2 aliphatic rings. The molecule has 8 rings (SSSR count). The van der Waals surface area contributed by atoms with Gasteiger partial charge in [-0.25, -0.2) is 35.4 Å². The second-order valence-electron chi connectivity index (χ2n) is 16.4. The van der Waals surface area contributed by atoms with Crippen LogP contribution in [0.3, 0.4) is 0 Å². The average Bonchev–Trinajstić information content (AvgIpc) is 3.40. The first-order chi connectivity index (χ1) is 34.8. The normalized spacial score (nSPS) is 14.0. The van der Waals surface area contributed by atoms with Crippen molar-refractivity contribution in [3.8, 4) is 0 Å². The van der Waals surface area contributed by atoms with E-state index in [4.69, 9.17) is 57.2 Å². The van der Waals surface area contributed by atoms with Crippen molar-refractivity contribution in [2.75, 3.05) is 110 Å². The number of aliphatic carboxylic acids is 1. The zero-order valence-corrected chi connectivity index (χ0v) is 44.5. The highest BCUT2D eigenvalue weighted by Crippen LogP contribution is 2.32. The minimum absolute atomic E-state index is 0.0235. The van der Waals surface area contributed by atoms with Gasteiger partial charge in [-0.15, -0.1) is 0 Å². The number of nitrogen functional groups attached to an aromatic ring is 1. The van der Waals surface area contributed by atoms with E-state index in [0.717, 1.165) is 78.3 Å². The Kier molecular flexibility index (Phi) is 20.2. The van der Waals surface area contributed by atoms with Gasteiger partial charge in [0.25, 0.3) is 0 Å². The number of nitrogens with zero attached hydrogens (tertiary/aromatic N) is 10. The molecule has 6 heterocycles. The van der Waals surface area contributed by atoms with Crippen LogP contribution < -0.4 is 30.7 Å². The molecule has 0 aliphatic carbocycles. The van der Waals surface area contributed by atoms with Crippen molar-refractivity contribution < 1.29 is 31.5 Å². The van der Waals surface area contributed by atoms with E-state index in [2.05, 4.69) is 57.0 Å². The number of carbonyl (C=O) groups is 2. The van der Waals surface area contributed by atoms with Crippen LogP contribution in [0.1, 0.15) is 12.8 Å². The van der Waals surface area contributed by atoms with Crippen molar-refractivity contribution >= 4 is 113 Å². The Bertz CT molecular complexity index is 3000. The number of sulfonamides is 2. The van der Waals surface area contributed by atoms with Gasteiger partial charge in [0.15, 0.2) is 0 Å². The summed E-state index contributed by atoms with van der Waals surface area (Å²) >= 11 is 23.6. The van der Waals surface area contributed by atoms with Gasteiger partial charge in [0.2, 0.25) is 26.0 Å². The van der Waals surface area contributed by atoms with E-state index >= 15 is 0 Å². The molecule has 4 N–H and O–H groups in total. The summed E-state index contributed by atoms with van der Waals surface area (Å²) in [7, 11) is -5.04. The molecule has 0 unspecified atom stereocenters. The lowest BCUT2D eigenvalue weighted by Gasteiger charge is -2.36. The third-order valence-electron chi connectivity index (χ3n) is 11.6. The molecular formula is C48H54Cl4N12O7S2. The first-order valence-corrected chi connectivity index (χ1v) is 27.0. The lowest BCUT2D eigenvalue weighted by atomic mass is 10.2. The number of amides is 1. The van der Waals surface area contributed by atoms with Crippen LogP contribution in [0, 0.1) is 0 Å². The highest BCUT2D eigenvalue weighted by Gasteiger charge is 2.27. The van der Waals surface area contributed by atoms with Crippen molar-refractivity contribution in [2.45, 2.75) is 22.6 Å². The van der Waals surface area contributed by atoms with Gasteiger partial charge in [-0.2, -0.15) is 0 Å². The summed E-state index contributed by atoms with van der Waals surface area (Å²) < 4.78 is 51.8. The summed E-state index contributed by atoms with van der Waals surface area (Å²) in [5.41, 5.74) is 9.30. The fourth-order valence-corrected chi connectivity index (χ4v) is 11.2. The summed E-state index contributed by atoms with van der Waals surface area (Å²) in [5, 5.41) is 11.5. The number of carboxylic acid groups (broad SMARTS) is 1. The average molecular weight is 1120 g/mol. The van der Waals surface area contributed by atoms with Gasteiger partial charge < -0.3 is 35.8 Å². The van der Waals surface area contributed by atoms with E-state index in [9.17, 15) is 26.4 Å². The molecule has 0 atom stereocenters. The predicted molar refractivity (Wildman–Crippen MR) is 288 cm³/mol. The predicted octanol–water partition coefficient (Wildman–Crippen LogP) is 7.23. The lowest BCUT2D eigenvalue weighted by Crippen LogP contribution is -2.46. The standard InChI is InChI=1S/C24H26Cl2N6O3S.C14H17N5.C10H11Cl2NO4S/c1-30(36(34,35)21-4-2-3-20(25)24(21)26)12-9-23(33)29-18-5-6-22(28-17-18)32-15-13-31(14-16-32)19-7-10-27-11-8-19;15-12-1-2-14(17-11-12)19-9-7-18(8-10-19)13-3-5-16-6-4-13;1-13(6-5-9(14)15)18(16,17)8-4-2-3-7(11)10(8)12/h2-8,10-11,17H,9,12-16H2,1H3,(H,29,33);1-6,11H,7-10,15H2;2-4H,5-6H2,1H3,(H,14,15). The summed E-state index contributed by atoms with van der Waals surface area (Å²) in [5.74, 6) is 0.444. The molecule has 2 saturated heterocycles. The number of nitrogens with two attached hydrogens (primary N) is 1. The molecule has 0 saturated carbocycles. The Morgan fingerprint density at radius 2 is 1.00 bits per heavy atom. The zero-order valence-electron chi connectivity index (χ0n) is 39.8. The number of halogens is 4. The lowest BCUT2D eigenvalue weighted by molar-refractivity contribution is -0.137. The highest BCUT2D eigenvalue weighted by molar-refractivity contribution is 7.89. The molecule has 0 spiro atoms. The van der Waals surface area contributed by atoms with E-state index < -0.39 is 26.0 Å². The Morgan fingerprint density at radius 1 is 0.589 bits per heavy atom. The molecule has 1 amide bonds. The van der Waals surface area contributed by atoms with Crippen LogP contribution in [-0.2, 0) is 29.6 Å². The van der Waals surface area contributed by atoms with E-state index in [1.165, 1.54) is 56.2 Å². The molecule has 73 heavy (non-hydrogen) atoms. The summed E-state index contributed by atoms with van der Waals surface area (Å²) in [6.07, 6.45) is 10.3. The number of pyridine rings is 4. The fraction of sp³-hybridized carbons (Fsp3) is 0.292. The van der Waals surface area contributed by atoms with Crippen molar-refractivity contribution in [3.05, 3.63) is 142 Å². The number of anilines is 6. The Hall–Kier alpha value is -6.04. The second kappa shape index (κ2) is 26.3. The maximum absolute atomic E-state index is 12.8. The Labute approximate surface area is 445 Å². The quantitative estimate of drug-likeness (QED) is 0.0920. The van der Waals surface area contributed by atoms with Crippen LogP contribution in [0.15, 0.2) is 132 Å². The number of carboxylic acids is 1. The van der Waals surface area contributed by atoms with Crippen molar-refractivity contribution in [2.24, 2.45) is 0 Å². The first-order valence-electron chi connectivity index (χ1n) is 22.6. The molecule has 2 aliphatic heterocycles. The Morgan fingerprint density at radius 3 is 1.40 bits per heavy atom. The van der Waals surface area contributed by atoms with Gasteiger partial charge in [-0.3, -0.25) is 19.6 Å². The number of rotatable bonds is 15. The molecule has 0 bridgehead atoms. The summed E-state index contributed by atoms with van der Waals surface area (Å²) in [6, 6.07) is 24.3. The number of hydrogen-bond donors (Lipinski definition) is 3. The minimum atomic E-state index is -3.89. The number of carbonyl (C=O) groups excluding carboxylic acids is 1. The SMILES string of the molecule is CN(CCC(=O)Nc1ccc(N2CCN(c3ccncc3)CC2)nc1)S(=O)(=O)c1cccc(Cl)c1Cl.CN(CCC(=O)O)S(=O)(=O)c1cccc(Cl)c1Cl.Nc1ccc(N2CCN(c3ccncc3)CC2)nc1. The largest absolute Gasteiger partial charge is 0.481 e. The summed E-state index contributed by atoms with van der Waals surface area (Å²) in [4.78, 5) is 48.8. The fourth-order valence-electron chi connectivity index (χ4n) is 7.41. The molecule has 19 nitrogen and oxygen atoms in total. The van der Waals surface area contributed by atoms with Crippen LogP contribution in [-0.4, -0.2) is 142 Å². The zero-order chi connectivity index (χ0) is 52.7. The molecule has 4 aromatic heterocycles. The number of nitrogens with one attached hydrogen (secondary N) is 1. The number of aromatic nitrogens is 4. The van der Waals surface area contributed by atoms with Gasteiger partial charge in [0.05, 0.1) is 50.3 Å². The molecule has 2 aromatic carbocycles. The van der Waals surface area contributed by atoms with Crippen LogP contribution in [0.5, 0.6) is 0 Å². The highest BCUT2D eigenvalue weighted by atomic mass is 35.5.